The molecule has 21 heavy (non-hydrogen) atoms. The average molecular weight is 328 g/mol. The van der Waals surface area contributed by atoms with Crippen LogP contribution in [0, 0.1) is 0 Å². The van der Waals surface area contributed by atoms with E-state index in [4.69, 9.17) is 32.7 Å². The molecule has 8 heteroatoms. The van der Waals surface area contributed by atoms with Gasteiger partial charge in [-0.3, -0.25) is 4.79 Å². The van der Waals surface area contributed by atoms with Gasteiger partial charge in [-0.2, -0.15) is 0 Å². The highest BCUT2D eigenvalue weighted by molar-refractivity contribution is 6.32. The summed E-state index contributed by atoms with van der Waals surface area (Å²) in [6.45, 7) is 0. The fraction of sp³-hybridized carbons (Fsp3) is 0.154. The first-order valence-corrected chi connectivity index (χ1v) is 6.53. The summed E-state index contributed by atoms with van der Waals surface area (Å²) >= 11 is 11.7. The van der Waals surface area contributed by atoms with Gasteiger partial charge in [0, 0.05) is 6.07 Å². The van der Waals surface area contributed by atoms with Gasteiger partial charge in [-0.15, -0.1) is 10.2 Å². The lowest BCUT2D eigenvalue weighted by atomic mass is 10.2. The molecule has 1 heterocycles. The van der Waals surface area contributed by atoms with E-state index in [1.165, 1.54) is 32.4 Å². The first-order valence-electron chi connectivity index (χ1n) is 5.77. The topological polar surface area (TPSA) is 73.3 Å². The van der Waals surface area contributed by atoms with E-state index < -0.39 is 5.91 Å². The summed E-state index contributed by atoms with van der Waals surface area (Å²) in [4.78, 5) is 12.1. The Morgan fingerprint density at radius 3 is 2.38 bits per heavy atom. The number of hydrogen-bond donors (Lipinski definition) is 1. The summed E-state index contributed by atoms with van der Waals surface area (Å²) in [5.41, 5.74) is 0.512. The molecular formula is C13H11Cl2N3O3. The predicted molar refractivity (Wildman–Crippen MR) is 79.6 cm³/mol. The van der Waals surface area contributed by atoms with Crippen LogP contribution in [0.15, 0.2) is 24.3 Å². The number of methoxy groups -OCH3 is 2. The lowest BCUT2D eigenvalue weighted by molar-refractivity contribution is 0.102. The largest absolute Gasteiger partial charge is 0.495 e. The van der Waals surface area contributed by atoms with Gasteiger partial charge in [0.15, 0.2) is 10.8 Å². The predicted octanol–water partition coefficient (Wildman–Crippen LogP) is 3.05. The van der Waals surface area contributed by atoms with Crippen LogP contribution >= 0.6 is 23.2 Å². The number of carbonyl (C=O) groups is 1. The van der Waals surface area contributed by atoms with Crippen molar-refractivity contribution in [3.63, 3.8) is 0 Å². The number of halogens is 2. The molecule has 2 rings (SSSR count). The van der Waals surface area contributed by atoms with Crippen LogP contribution in [0.3, 0.4) is 0 Å². The SMILES string of the molecule is COc1cc(OC)c(NC(=O)c2ccc(Cl)nn2)cc1Cl. The van der Waals surface area contributed by atoms with Crippen LogP contribution in [0.25, 0.3) is 0 Å². The molecule has 0 aliphatic rings. The third-order valence-electron chi connectivity index (χ3n) is 2.59. The minimum absolute atomic E-state index is 0.119. The molecule has 0 saturated carbocycles. The monoisotopic (exact) mass is 327 g/mol. The molecule has 0 aliphatic heterocycles. The Labute approximate surface area is 131 Å². The van der Waals surface area contributed by atoms with Gasteiger partial charge in [0.05, 0.1) is 24.9 Å². The molecule has 1 amide bonds. The number of anilines is 1. The Bertz CT molecular complexity index is 662. The number of ether oxygens (including phenoxy) is 2. The second-order valence-electron chi connectivity index (χ2n) is 3.88. The van der Waals surface area contributed by atoms with Crippen LogP contribution in [0.2, 0.25) is 10.2 Å². The Morgan fingerprint density at radius 1 is 1.10 bits per heavy atom. The second kappa shape index (κ2) is 6.60. The molecule has 0 spiro atoms. The van der Waals surface area contributed by atoms with Crippen molar-refractivity contribution >= 4 is 34.8 Å². The number of carbonyl (C=O) groups excluding carboxylic acids is 1. The summed E-state index contributed by atoms with van der Waals surface area (Å²) in [5.74, 6) is 0.392. The Kier molecular flexibility index (Phi) is 4.82. The zero-order chi connectivity index (χ0) is 15.4. The Hall–Kier alpha value is -2.05. The average Bonchev–Trinajstić information content (AvgIpc) is 2.48. The van der Waals surface area contributed by atoms with E-state index >= 15 is 0 Å². The van der Waals surface area contributed by atoms with Gasteiger partial charge in [-0.1, -0.05) is 23.2 Å². The van der Waals surface area contributed by atoms with Crippen molar-refractivity contribution in [3.05, 3.63) is 40.1 Å². The highest BCUT2D eigenvalue weighted by Crippen LogP contribution is 2.35. The maximum Gasteiger partial charge on any atom is 0.276 e. The van der Waals surface area contributed by atoms with Crippen LogP contribution < -0.4 is 14.8 Å². The maximum atomic E-state index is 12.1. The normalized spacial score (nSPS) is 10.1. The number of benzene rings is 1. The number of rotatable bonds is 4. The fourth-order valence-electron chi connectivity index (χ4n) is 1.58. The summed E-state index contributed by atoms with van der Waals surface area (Å²) < 4.78 is 10.3. The Balaban J connectivity index is 2.28. The smallest absolute Gasteiger partial charge is 0.276 e. The van der Waals surface area contributed by atoms with Gasteiger partial charge < -0.3 is 14.8 Å². The molecule has 110 valence electrons. The van der Waals surface area contributed by atoms with Crippen LogP contribution in [-0.4, -0.2) is 30.3 Å². The van der Waals surface area contributed by atoms with Gasteiger partial charge >= 0.3 is 0 Å². The van der Waals surface area contributed by atoms with Crippen molar-refractivity contribution in [1.29, 1.82) is 0 Å². The summed E-state index contributed by atoms with van der Waals surface area (Å²) in [6, 6.07) is 6.04. The van der Waals surface area contributed by atoms with Gasteiger partial charge in [-0.25, -0.2) is 0 Å². The first kappa shape index (κ1) is 15.3. The first-order chi connectivity index (χ1) is 10.0. The standard InChI is InChI=1S/C13H11Cl2N3O3/c1-20-10-6-11(21-2)9(5-7(10)14)16-13(19)8-3-4-12(15)18-17-8/h3-6H,1-2H3,(H,16,19). The van der Waals surface area contributed by atoms with E-state index in [2.05, 4.69) is 15.5 Å². The molecule has 0 unspecified atom stereocenters. The number of aromatic nitrogens is 2. The van der Waals surface area contributed by atoms with Crippen molar-refractivity contribution < 1.29 is 14.3 Å². The van der Waals surface area contributed by atoms with Crippen LogP contribution in [0.5, 0.6) is 11.5 Å². The van der Waals surface area contributed by atoms with E-state index in [1.54, 1.807) is 6.07 Å². The Morgan fingerprint density at radius 2 is 1.81 bits per heavy atom. The van der Waals surface area contributed by atoms with Crippen molar-refractivity contribution in [2.24, 2.45) is 0 Å². The van der Waals surface area contributed by atoms with E-state index in [0.29, 0.717) is 22.2 Å². The molecule has 0 fully saturated rings. The van der Waals surface area contributed by atoms with Crippen molar-refractivity contribution in [3.8, 4) is 11.5 Å². The molecule has 6 nitrogen and oxygen atoms in total. The third-order valence-corrected chi connectivity index (χ3v) is 3.08. The number of nitrogens with one attached hydrogen (secondary N) is 1. The molecule has 0 aliphatic carbocycles. The molecule has 0 radical (unpaired) electrons. The molecule has 0 saturated heterocycles. The van der Waals surface area contributed by atoms with Gasteiger partial charge in [0.25, 0.3) is 5.91 Å². The van der Waals surface area contributed by atoms with E-state index in [9.17, 15) is 4.79 Å². The number of amides is 1. The summed E-state index contributed by atoms with van der Waals surface area (Å²) in [6.07, 6.45) is 0. The minimum atomic E-state index is -0.460. The van der Waals surface area contributed by atoms with E-state index in [-0.39, 0.29) is 10.8 Å². The third kappa shape index (κ3) is 3.53. The van der Waals surface area contributed by atoms with Gasteiger partial charge in [0.2, 0.25) is 0 Å². The highest BCUT2D eigenvalue weighted by atomic mass is 35.5. The lowest BCUT2D eigenvalue weighted by Gasteiger charge is -2.12. The lowest BCUT2D eigenvalue weighted by Crippen LogP contribution is -2.15. The summed E-state index contributed by atoms with van der Waals surface area (Å²) in [5, 5.41) is 10.5. The molecule has 0 atom stereocenters. The van der Waals surface area contributed by atoms with Crippen LogP contribution in [0.1, 0.15) is 10.5 Å². The highest BCUT2D eigenvalue weighted by Gasteiger charge is 2.14. The number of hydrogen-bond acceptors (Lipinski definition) is 5. The molecule has 1 aromatic heterocycles. The quantitative estimate of drug-likeness (QED) is 0.934. The van der Waals surface area contributed by atoms with Crippen molar-refractivity contribution in [2.45, 2.75) is 0 Å². The molecular weight excluding hydrogens is 317 g/mol. The second-order valence-corrected chi connectivity index (χ2v) is 4.68. The summed E-state index contributed by atoms with van der Waals surface area (Å²) in [7, 11) is 2.96. The molecule has 2 aromatic rings. The molecule has 1 N–H and O–H groups in total. The number of nitrogens with zero attached hydrogens (tertiary/aromatic N) is 2. The van der Waals surface area contributed by atoms with Crippen molar-refractivity contribution in [1.82, 2.24) is 10.2 Å². The van der Waals surface area contributed by atoms with Crippen LogP contribution in [-0.2, 0) is 0 Å². The zero-order valence-electron chi connectivity index (χ0n) is 11.2. The fourth-order valence-corrected chi connectivity index (χ4v) is 1.92. The molecule has 0 bridgehead atoms. The van der Waals surface area contributed by atoms with Crippen molar-refractivity contribution in [2.75, 3.05) is 19.5 Å². The van der Waals surface area contributed by atoms with E-state index in [1.807, 2.05) is 0 Å². The minimum Gasteiger partial charge on any atom is -0.495 e. The van der Waals surface area contributed by atoms with Gasteiger partial charge in [0.1, 0.15) is 11.5 Å². The van der Waals surface area contributed by atoms with Gasteiger partial charge in [-0.05, 0) is 18.2 Å². The molecule has 1 aromatic carbocycles. The van der Waals surface area contributed by atoms with Crippen LogP contribution in [0.4, 0.5) is 5.69 Å². The zero-order valence-corrected chi connectivity index (χ0v) is 12.7. The van der Waals surface area contributed by atoms with E-state index in [0.717, 1.165) is 0 Å². The maximum absolute atomic E-state index is 12.1.